The molecule has 0 aliphatic carbocycles. The third kappa shape index (κ3) is 4.22. The second kappa shape index (κ2) is 7.87. The average molecular weight is 376 g/mol. The van der Waals surface area contributed by atoms with E-state index in [1.807, 2.05) is 51.1 Å². The quantitative estimate of drug-likeness (QED) is 0.825. The van der Waals surface area contributed by atoms with Crippen molar-refractivity contribution in [3.63, 3.8) is 0 Å². The molecule has 0 fully saturated rings. The summed E-state index contributed by atoms with van der Waals surface area (Å²) in [5.74, 6) is 1.73. The first-order valence-electron chi connectivity index (χ1n) is 8.53. The first-order valence-corrected chi connectivity index (χ1v) is 8.91. The first kappa shape index (κ1) is 18.4. The molecule has 0 saturated heterocycles. The lowest BCUT2D eigenvalue weighted by Gasteiger charge is -2.22. The highest BCUT2D eigenvalue weighted by molar-refractivity contribution is 6.32. The van der Waals surface area contributed by atoms with Gasteiger partial charge in [-0.1, -0.05) is 37.6 Å². The molecule has 5 nitrogen and oxygen atoms in total. The maximum absolute atomic E-state index is 12.6. The summed E-state index contributed by atoms with van der Waals surface area (Å²) in [5.41, 5.74) is 1.97. The number of hydrogen-bond donors (Lipinski definition) is 1. The summed E-state index contributed by atoms with van der Waals surface area (Å²) in [4.78, 5) is 12.6. The minimum absolute atomic E-state index is 0.0101. The van der Waals surface area contributed by atoms with Gasteiger partial charge >= 0.3 is 0 Å². The zero-order valence-corrected chi connectivity index (χ0v) is 15.8. The van der Waals surface area contributed by atoms with Crippen LogP contribution in [0.2, 0.25) is 5.02 Å². The topological polar surface area (TPSA) is 56.8 Å². The minimum Gasteiger partial charge on any atom is -0.479 e. The summed E-state index contributed by atoms with van der Waals surface area (Å²) in [6, 6.07) is 11.1. The van der Waals surface area contributed by atoms with Crippen LogP contribution in [0.1, 0.15) is 25.0 Å². The Morgan fingerprint density at radius 3 is 2.69 bits per heavy atom. The fourth-order valence-corrected chi connectivity index (χ4v) is 2.95. The number of nitrogens with one attached hydrogen (secondary N) is 1. The minimum atomic E-state index is -0.635. The van der Waals surface area contributed by atoms with Crippen LogP contribution in [-0.4, -0.2) is 18.8 Å². The van der Waals surface area contributed by atoms with E-state index < -0.39 is 6.10 Å². The second-order valence-electron chi connectivity index (χ2n) is 6.62. The summed E-state index contributed by atoms with van der Waals surface area (Å²) in [6.45, 7) is 6.43. The molecule has 3 rings (SSSR count). The summed E-state index contributed by atoms with van der Waals surface area (Å²) in [7, 11) is 0. The lowest BCUT2D eigenvalue weighted by Crippen LogP contribution is -2.41. The molecule has 1 atom stereocenters. The van der Waals surface area contributed by atoms with Crippen molar-refractivity contribution < 1.29 is 19.0 Å². The zero-order valence-electron chi connectivity index (χ0n) is 15.0. The zero-order chi connectivity index (χ0) is 18.7. The standard InChI is InChI=1S/C20H22ClNO4/c1-12(2)19(26-16-6-4-13(3)8-15(16)21)20(23)22-10-14-5-7-17-18(9-14)25-11-24-17/h4-9,12,19H,10-11H2,1-3H3,(H,22,23). The number of benzene rings is 2. The van der Waals surface area contributed by atoms with Gasteiger partial charge in [0.1, 0.15) is 5.75 Å². The van der Waals surface area contributed by atoms with E-state index in [2.05, 4.69) is 5.32 Å². The van der Waals surface area contributed by atoms with E-state index in [1.165, 1.54) is 0 Å². The molecule has 0 aromatic heterocycles. The van der Waals surface area contributed by atoms with Gasteiger partial charge in [0.2, 0.25) is 6.79 Å². The van der Waals surface area contributed by atoms with Crippen molar-refractivity contribution >= 4 is 17.5 Å². The molecular weight excluding hydrogens is 354 g/mol. The number of rotatable bonds is 6. The van der Waals surface area contributed by atoms with Crippen molar-refractivity contribution in [1.29, 1.82) is 0 Å². The third-order valence-electron chi connectivity index (χ3n) is 4.11. The normalized spacial score (nSPS) is 13.6. The molecule has 2 aromatic rings. The number of amides is 1. The number of carbonyl (C=O) groups is 1. The van der Waals surface area contributed by atoms with E-state index in [4.69, 9.17) is 25.8 Å². The number of fused-ring (bicyclic) bond motifs is 1. The Morgan fingerprint density at radius 2 is 1.96 bits per heavy atom. The largest absolute Gasteiger partial charge is 0.479 e. The van der Waals surface area contributed by atoms with Crippen molar-refractivity contribution in [3.8, 4) is 17.2 Å². The molecule has 0 saturated carbocycles. The van der Waals surface area contributed by atoms with Crippen LogP contribution in [0.3, 0.4) is 0 Å². The van der Waals surface area contributed by atoms with E-state index >= 15 is 0 Å². The Labute approximate surface area is 158 Å². The van der Waals surface area contributed by atoms with Gasteiger partial charge in [0.05, 0.1) is 5.02 Å². The molecule has 0 radical (unpaired) electrons. The van der Waals surface area contributed by atoms with E-state index in [-0.39, 0.29) is 18.6 Å². The van der Waals surface area contributed by atoms with E-state index in [1.54, 1.807) is 6.07 Å². The van der Waals surface area contributed by atoms with Crippen molar-refractivity contribution in [3.05, 3.63) is 52.5 Å². The van der Waals surface area contributed by atoms with Gasteiger partial charge in [-0.05, 0) is 48.2 Å². The van der Waals surface area contributed by atoms with E-state index in [9.17, 15) is 4.79 Å². The lowest BCUT2D eigenvalue weighted by atomic mass is 10.1. The molecule has 1 unspecified atom stereocenters. The van der Waals surface area contributed by atoms with Crippen LogP contribution < -0.4 is 19.5 Å². The number of carbonyl (C=O) groups excluding carboxylic acids is 1. The first-order chi connectivity index (χ1) is 12.4. The van der Waals surface area contributed by atoms with Crippen molar-refractivity contribution in [2.45, 2.75) is 33.4 Å². The van der Waals surface area contributed by atoms with Crippen LogP contribution in [0.5, 0.6) is 17.2 Å². The van der Waals surface area contributed by atoms with Crippen LogP contribution in [0.25, 0.3) is 0 Å². The fraction of sp³-hybridized carbons (Fsp3) is 0.350. The highest BCUT2D eigenvalue weighted by atomic mass is 35.5. The van der Waals surface area contributed by atoms with Gasteiger partial charge in [0.15, 0.2) is 17.6 Å². The van der Waals surface area contributed by atoms with Gasteiger partial charge in [0.25, 0.3) is 5.91 Å². The number of halogens is 1. The number of aryl methyl sites for hydroxylation is 1. The Balaban J connectivity index is 1.65. The average Bonchev–Trinajstić information content (AvgIpc) is 3.06. The van der Waals surface area contributed by atoms with Crippen LogP contribution in [0.15, 0.2) is 36.4 Å². The molecule has 1 heterocycles. The fourth-order valence-electron chi connectivity index (χ4n) is 2.67. The Morgan fingerprint density at radius 1 is 1.19 bits per heavy atom. The van der Waals surface area contributed by atoms with Gasteiger partial charge in [-0.2, -0.15) is 0 Å². The number of ether oxygens (including phenoxy) is 3. The molecule has 6 heteroatoms. The molecule has 0 spiro atoms. The summed E-state index contributed by atoms with van der Waals surface area (Å²) in [5, 5.41) is 3.42. The predicted octanol–water partition coefficient (Wildman–Crippen LogP) is 4.10. The van der Waals surface area contributed by atoms with Gasteiger partial charge in [-0.25, -0.2) is 0 Å². The van der Waals surface area contributed by atoms with Crippen LogP contribution in [0, 0.1) is 12.8 Å². The van der Waals surface area contributed by atoms with Gasteiger partial charge in [0, 0.05) is 6.54 Å². The Kier molecular flexibility index (Phi) is 5.57. The highest BCUT2D eigenvalue weighted by Crippen LogP contribution is 2.32. The van der Waals surface area contributed by atoms with Crippen LogP contribution in [0.4, 0.5) is 0 Å². The van der Waals surface area contributed by atoms with Gasteiger partial charge in [-0.15, -0.1) is 0 Å². The molecule has 1 aliphatic heterocycles. The smallest absolute Gasteiger partial charge is 0.261 e. The van der Waals surface area contributed by atoms with Crippen molar-refractivity contribution in [2.24, 2.45) is 5.92 Å². The predicted molar refractivity (Wildman–Crippen MR) is 99.9 cm³/mol. The lowest BCUT2D eigenvalue weighted by molar-refractivity contribution is -0.130. The van der Waals surface area contributed by atoms with Gasteiger partial charge < -0.3 is 19.5 Å². The molecule has 2 aromatic carbocycles. The molecule has 138 valence electrons. The van der Waals surface area contributed by atoms with Gasteiger partial charge in [-0.3, -0.25) is 4.79 Å². The third-order valence-corrected chi connectivity index (χ3v) is 4.40. The SMILES string of the molecule is Cc1ccc(OC(C(=O)NCc2ccc3c(c2)OCO3)C(C)C)c(Cl)c1. The van der Waals surface area contributed by atoms with Crippen molar-refractivity contribution in [2.75, 3.05) is 6.79 Å². The summed E-state index contributed by atoms with van der Waals surface area (Å²) < 4.78 is 16.5. The maximum Gasteiger partial charge on any atom is 0.261 e. The van der Waals surface area contributed by atoms with Crippen LogP contribution in [-0.2, 0) is 11.3 Å². The summed E-state index contributed by atoms with van der Waals surface area (Å²) in [6.07, 6.45) is -0.635. The molecule has 1 N–H and O–H groups in total. The summed E-state index contributed by atoms with van der Waals surface area (Å²) >= 11 is 6.23. The molecule has 1 aliphatic rings. The highest BCUT2D eigenvalue weighted by Gasteiger charge is 2.25. The van der Waals surface area contributed by atoms with Crippen LogP contribution >= 0.6 is 11.6 Å². The molecule has 1 amide bonds. The van der Waals surface area contributed by atoms with Crippen molar-refractivity contribution in [1.82, 2.24) is 5.32 Å². The second-order valence-corrected chi connectivity index (χ2v) is 7.03. The maximum atomic E-state index is 12.6. The van der Waals surface area contributed by atoms with E-state index in [0.29, 0.717) is 23.1 Å². The van der Waals surface area contributed by atoms with E-state index in [0.717, 1.165) is 16.9 Å². The molecule has 0 bridgehead atoms. The Hall–Kier alpha value is -2.40. The molecule has 26 heavy (non-hydrogen) atoms. The monoisotopic (exact) mass is 375 g/mol. The number of hydrogen-bond acceptors (Lipinski definition) is 4. The Bertz CT molecular complexity index is 806. The molecular formula is C20H22ClNO4.